The zero-order valence-electron chi connectivity index (χ0n) is 19.2. The first kappa shape index (κ1) is 24.0. The van der Waals surface area contributed by atoms with Gasteiger partial charge in [0.15, 0.2) is 11.8 Å². The molecular formula is C22H31IN8O. The lowest BCUT2D eigenvalue weighted by Crippen LogP contribution is -2.41. The van der Waals surface area contributed by atoms with Crippen LogP contribution in [0.5, 0.6) is 5.75 Å². The van der Waals surface area contributed by atoms with E-state index in [-0.39, 0.29) is 30.0 Å². The number of hydrogen-bond donors (Lipinski definition) is 2. The van der Waals surface area contributed by atoms with Crippen molar-refractivity contribution < 1.29 is 4.74 Å². The highest BCUT2D eigenvalue weighted by Gasteiger charge is 2.22. The van der Waals surface area contributed by atoms with Gasteiger partial charge in [-0.15, -0.1) is 34.2 Å². The number of aryl methyl sites for hydroxylation is 3. The molecule has 3 heterocycles. The fraction of sp³-hybridized carbons (Fsp3) is 0.455. The molecule has 0 radical (unpaired) electrons. The third-order valence-electron chi connectivity index (χ3n) is 5.92. The fourth-order valence-corrected chi connectivity index (χ4v) is 3.78. The van der Waals surface area contributed by atoms with Crippen LogP contribution in [0.3, 0.4) is 0 Å². The highest BCUT2D eigenvalue weighted by Crippen LogP contribution is 2.31. The smallest absolute Gasteiger partial charge is 0.192 e. The second-order valence-corrected chi connectivity index (χ2v) is 7.89. The first-order valence-corrected chi connectivity index (χ1v) is 10.5. The Hall–Kier alpha value is -2.63. The van der Waals surface area contributed by atoms with Gasteiger partial charge in [0.2, 0.25) is 0 Å². The quantitative estimate of drug-likeness (QED) is 0.289. The van der Waals surface area contributed by atoms with E-state index in [1.54, 1.807) is 0 Å². The third kappa shape index (κ3) is 5.05. The minimum atomic E-state index is 0. The van der Waals surface area contributed by atoms with Crippen molar-refractivity contribution in [1.29, 1.82) is 0 Å². The lowest BCUT2D eigenvalue weighted by atomic mass is 10.0. The highest BCUT2D eigenvalue weighted by atomic mass is 127. The summed E-state index contributed by atoms with van der Waals surface area (Å²) in [4.78, 5) is 4.89. The number of guanidine groups is 1. The molecule has 172 valence electrons. The summed E-state index contributed by atoms with van der Waals surface area (Å²) in [6, 6.07) is 8.27. The van der Waals surface area contributed by atoms with Crippen molar-refractivity contribution in [1.82, 2.24) is 35.2 Å². The van der Waals surface area contributed by atoms with Gasteiger partial charge in [-0.3, -0.25) is 4.68 Å². The van der Waals surface area contributed by atoms with Crippen LogP contribution in [-0.2, 0) is 27.2 Å². The molecule has 4 rings (SSSR count). The van der Waals surface area contributed by atoms with E-state index in [1.165, 1.54) is 0 Å². The van der Waals surface area contributed by atoms with Crippen molar-refractivity contribution in [2.45, 2.75) is 46.3 Å². The topological polar surface area (TPSA) is 94.2 Å². The summed E-state index contributed by atoms with van der Waals surface area (Å²) in [5.74, 6) is 3.38. The number of nitrogens with zero attached hydrogens (tertiary/aromatic N) is 6. The standard InChI is InChI=1S/C22H30N8O.HI/c1-14-18(15(2)30(5)28-14)12-23-22(24-13-21-27-26-16(3)29(21)4)25-19-10-11-31-20-9-7-6-8-17(19)20;/h6-9,19H,10-13H2,1-5H3,(H2,23,24,25);1H. The summed E-state index contributed by atoms with van der Waals surface area (Å²) >= 11 is 0. The van der Waals surface area contributed by atoms with Gasteiger partial charge in [0.1, 0.15) is 11.6 Å². The monoisotopic (exact) mass is 550 g/mol. The van der Waals surface area contributed by atoms with E-state index in [9.17, 15) is 0 Å². The second-order valence-electron chi connectivity index (χ2n) is 7.89. The van der Waals surface area contributed by atoms with Crippen LogP contribution in [0.25, 0.3) is 0 Å². The van der Waals surface area contributed by atoms with Crippen molar-refractivity contribution in [3.05, 3.63) is 58.4 Å². The molecule has 1 aliphatic heterocycles. The number of aromatic nitrogens is 5. The van der Waals surface area contributed by atoms with E-state index in [1.807, 2.05) is 55.4 Å². The van der Waals surface area contributed by atoms with Gasteiger partial charge in [0.05, 0.1) is 31.4 Å². The van der Waals surface area contributed by atoms with E-state index < -0.39 is 0 Å². The molecule has 0 saturated heterocycles. The van der Waals surface area contributed by atoms with Gasteiger partial charge in [0, 0.05) is 37.3 Å². The Morgan fingerprint density at radius 2 is 1.97 bits per heavy atom. The molecule has 0 spiro atoms. The first-order chi connectivity index (χ1) is 14.9. The average Bonchev–Trinajstić information content (AvgIpc) is 3.21. The number of hydrogen-bond acceptors (Lipinski definition) is 5. The SMILES string of the molecule is Cc1nn(C)c(C)c1CN=C(NCc1nnc(C)n1C)NC1CCOc2ccccc21.I. The maximum atomic E-state index is 5.81. The molecule has 1 atom stereocenters. The molecule has 0 bridgehead atoms. The number of aliphatic imine (C=N–C) groups is 1. The molecule has 9 nitrogen and oxygen atoms in total. The van der Waals surface area contributed by atoms with Crippen molar-refractivity contribution in [2.75, 3.05) is 6.61 Å². The van der Waals surface area contributed by atoms with Crippen LogP contribution in [0.15, 0.2) is 29.3 Å². The molecule has 2 aromatic heterocycles. The summed E-state index contributed by atoms with van der Waals surface area (Å²) in [5.41, 5.74) is 4.42. The predicted molar refractivity (Wildman–Crippen MR) is 134 cm³/mol. The van der Waals surface area contributed by atoms with Crippen LogP contribution in [0.1, 0.15) is 46.6 Å². The van der Waals surface area contributed by atoms with Crippen LogP contribution < -0.4 is 15.4 Å². The molecule has 2 N–H and O–H groups in total. The summed E-state index contributed by atoms with van der Waals surface area (Å²) in [6.07, 6.45) is 0.867. The van der Waals surface area contributed by atoms with E-state index in [0.717, 1.165) is 52.3 Å². The van der Waals surface area contributed by atoms with Gasteiger partial charge in [-0.2, -0.15) is 5.10 Å². The predicted octanol–water partition coefficient (Wildman–Crippen LogP) is 2.85. The number of para-hydroxylation sites is 1. The number of fused-ring (bicyclic) bond motifs is 1. The van der Waals surface area contributed by atoms with Crippen molar-refractivity contribution in [3.63, 3.8) is 0 Å². The second kappa shape index (κ2) is 10.3. The third-order valence-corrected chi connectivity index (χ3v) is 5.92. The molecule has 1 aliphatic rings. The lowest BCUT2D eigenvalue weighted by Gasteiger charge is -2.28. The average molecular weight is 550 g/mol. The van der Waals surface area contributed by atoms with Crippen LogP contribution in [0.2, 0.25) is 0 Å². The largest absolute Gasteiger partial charge is 0.493 e. The molecule has 1 unspecified atom stereocenters. The minimum absolute atomic E-state index is 0. The Labute approximate surface area is 205 Å². The maximum Gasteiger partial charge on any atom is 0.192 e. The summed E-state index contributed by atoms with van der Waals surface area (Å²) < 4.78 is 9.69. The first-order valence-electron chi connectivity index (χ1n) is 10.5. The Bertz CT molecular complexity index is 1100. The zero-order valence-corrected chi connectivity index (χ0v) is 21.5. The lowest BCUT2D eigenvalue weighted by molar-refractivity contribution is 0.261. The van der Waals surface area contributed by atoms with E-state index in [0.29, 0.717) is 19.7 Å². The Morgan fingerprint density at radius 1 is 1.19 bits per heavy atom. The Balaban J connectivity index is 0.00000289. The summed E-state index contributed by atoms with van der Waals surface area (Å²) in [7, 11) is 3.93. The minimum Gasteiger partial charge on any atom is -0.493 e. The van der Waals surface area contributed by atoms with Crippen molar-refractivity contribution >= 4 is 29.9 Å². The Morgan fingerprint density at radius 3 is 2.66 bits per heavy atom. The summed E-state index contributed by atoms with van der Waals surface area (Å²) in [6.45, 7) is 7.78. The molecule has 0 aliphatic carbocycles. The van der Waals surface area contributed by atoms with Gasteiger partial charge in [-0.05, 0) is 26.8 Å². The van der Waals surface area contributed by atoms with E-state index >= 15 is 0 Å². The highest BCUT2D eigenvalue weighted by molar-refractivity contribution is 14.0. The molecule has 10 heteroatoms. The molecule has 0 amide bonds. The van der Waals surface area contributed by atoms with Gasteiger partial charge in [-0.25, -0.2) is 4.99 Å². The Kier molecular flexibility index (Phi) is 7.75. The van der Waals surface area contributed by atoms with Gasteiger partial charge >= 0.3 is 0 Å². The van der Waals surface area contributed by atoms with Crippen LogP contribution in [0, 0.1) is 20.8 Å². The van der Waals surface area contributed by atoms with Crippen molar-refractivity contribution in [3.8, 4) is 5.75 Å². The molecular weight excluding hydrogens is 519 g/mol. The number of benzene rings is 1. The normalized spacial score (nSPS) is 15.5. The van der Waals surface area contributed by atoms with Gasteiger partial charge < -0.3 is 19.9 Å². The molecule has 1 aromatic carbocycles. The van der Waals surface area contributed by atoms with Crippen LogP contribution in [-0.4, -0.2) is 37.1 Å². The summed E-state index contributed by atoms with van der Waals surface area (Å²) in [5, 5.41) is 19.9. The van der Waals surface area contributed by atoms with Crippen LogP contribution >= 0.6 is 24.0 Å². The van der Waals surface area contributed by atoms with Gasteiger partial charge in [0.25, 0.3) is 0 Å². The van der Waals surface area contributed by atoms with Crippen molar-refractivity contribution in [2.24, 2.45) is 19.1 Å². The molecule has 0 saturated carbocycles. The number of rotatable bonds is 5. The van der Waals surface area contributed by atoms with E-state index in [2.05, 4.69) is 38.9 Å². The van der Waals surface area contributed by atoms with Crippen LogP contribution in [0.4, 0.5) is 0 Å². The number of nitrogens with one attached hydrogen (secondary N) is 2. The molecule has 3 aromatic rings. The number of halogens is 1. The molecule has 0 fully saturated rings. The zero-order chi connectivity index (χ0) is 22.0. The molecule has 32 heavy (non-hydrogen) atoms. The maximum absolute atomic E-state index is 5.81. The number of ether oxygens (including phenoxy) is 1. The van der Waals surface area contributed by atoms with E-state index in [4.69, 9.17) is 9.73 Å². The fourth-order valence-electron chi connectivity index (χ4n) is 3.78. The van der Waals surface area contributed by atoms with Gasteiger partial charge in [-0.1, -0.05) is 18.2 Å².